The van der Waals surface area contributed by atoms with Crippen molar-refractivity contribution < 1.29 is 9.53 Å². The minimum Gasteiger partial charge on any atom is -0.464 e. The van der Waals surface area contributed by atoms with E-state index < -0.39 is 0 Å². The fourth-order valence-corrected chi connectivity index (χ4v) is 1.39. The lowest BCUT2D eigenvalue weighted by atomic mass is 10.1. The minimum absolute atomic E-state index is 0.0251. The second-order valence-corrected chi connectivity index (χ2v) is 5.68. The summed E-state index contributed by atoms with van der Waals surface area (Å²) in [5, 5.41) is 0. The monoisotopic (exact) mass is 248 g/mol. The minimum atomic E-state index is -0.0251. The number of alkyl halides is 1. The van der Waals surface area contributed by atoms with E-state index in [0.29, 0.717) is 11.4 Å². The van der Waals surface area contributed by atoms with Gasteiger partial charge >= 0.3 is 5.97 Å². The number of carbonyl (C=O) groups is 1. The molecule has 2 nitrogen and oxygen atoms in total. The van der Waals surface area contributed by atoms with Gasteiger partial charge in [-0.3, -0.25) is 4.79 Å². The number of hydrogen-bond acceptors (Lipinski definition) is 2. The van der Waals surface area contributed by atoms with Crippen molar-refractivity contribution in [1.82, 2.24) is 0 Å². The Morgan fingerprint density at radius 3 is 2.62 bits per heavy atom. The topological polar surface area (TPSA) is 26.3 Å². The molecular formula is C10H17BrO2. The fourth-order valence-electron chi connectivity index (χ4n) is 1.26. The van der Waals surface area contributed by atoms with Gasteiger partial charge in [-0.25, -0.2) is 0 Å². The molecule has 0 heterocycles. The van der Waals surface area contributed by atoms with Gasteiger partial charge in [0.1, 0.15) is 6.61 Å². The molecule has 3 heteroatoms. The number of ether oxygens (including phenoxy) is 1. The number of halogens is 1. The van der Waals surface area contributed by atoms with E-state index in [-0.39, 0.29) is 17.3 Å². The van der Waals surface area contributed by atoms with Crippen molar-refractivity contribution in [2.24, 2.45) is 11.3 Å². The molecule has 1 saturated carbocycles. The highest BCUT2D eigenvalue weighted by Gasteiger charge is 2.51. The number of esters is 1. The van der Waals surface area contributed by atoms with Crippen LogP contribution in [0.5, 0.6) is 0 Å². The van der Waals surface area contributed by atoms with Gasteiger partial charge in [0.2, 0.25) is 0 Å². The number of rotatable bonds is 4. The van der Waals surface area contributed by atoms with E-state index in [1.807, 2.05) is 0 Å². The van der Waals surface area contributed by atoms with E-state index in [0.717, 1.165) is 12.8 Å². The van der Waals surface area contributed by atoms with Crippen molar-refractivity contribution in [3.63, 3.8) is 0 Å². The zero-order valence-corrected chi connectivity index (χ0v) is 10.1. The Hall–Kier alpha value is -0.0500. The average molecular weight is 249 g/mol. The lowest BCUT2D eigenvalue weighted by molar-refractivity contribution is -0.145. The molecule has 0 spiro atoms. The van der Waals surface area contributed by atoms with Gasteiger partial charge in [0.05, 0.1) is 5.92 Å². The molecule has 1 aliphatic rings. The molecule has 1 fully saturated rings. The normalized spacial score (nSPS) is 26.6. The first-order chi connectivity index (χ1) is 5.97. The molecule has 1 rings (SSSR count). The Kier molecular flexibility index (Phi) is 3.38. The summed E-state index contributed by atoms with van der Waals surface area (Å²) >= 11 is 3.43. The highest BCUT2D eigenvalue weighted by molar-refractivity contribution is 9.09. The van der Waals surface area contributed by atoms with Crippen molar-refractivity contribution in [1.29, 1.82) is 0 Å². The summed E-state index contributed by atoms with van der Waals surface area (Å²) in [6, 6.07) is 0. The fraction of sp³-hybridized carbons (Fsp3) is 0.900. The molecule has 0 aromatic heterocycles. The van der Waals surface area contributed by atoms with Crippen LogP contribution in [0.3, 0.4) is 0 Å². The molecule has 0 aromatic carbocycles. The van der Waals surface area contributed by atoms with Crippen LogP contribution in [0.1, 0.15) is 33.6 Å². The van der Waals surface area contributed by atoms with E-state index in [1.165, 1.54) is 0 Å². The number of hydrogen-bond donors (Lipinski definition) is 0. The van der Waals surface area contributed by atoms with Crippen LogP contribution in [-0.4, -0.2) is 17.4 Å². The molecule has 0 radical (unpaired) electrons. The van der Waals surface area contributed by atoms with Crippen molar-refractivity contribution in [3.8, 4) is 0 Å². The molecule has 0 saturated heterocycles. The van der Waals surface area contributed by atoms with Crippen LogP contribution in [0.4, 0.5) is 0 Å². The maximum atomic E-state index is 11.4. The molecular weight excluding hydrogens is 232 g/mol. The van der Waals surface area contributed by atoms with Crippen molar-refractivity contribution in [2.75, 3.05) is 6.61 Å². The van der Waals surface area contributed by atoms with Gasteiger partial charge in [0, 0.05) is 4.83 Å². The average Bonchev–Trinajstić information content (AvgIpc) is 2.70. The standard InChI is InChI=1S/C10H17BrO2/c1-4-7(11)6-13-9(12)8-5-10(8,2)3/h7-8H,4-6H2,1-3H3. The second-order valence-electron chi connectivity index (χ2n) is 4.38. The highest BCUT2D eigenvalue weighted by atomic mass is 79.9. The molecule has 0 bridgehead atoms. The van der Waals surface area contributed by atoms with Gasteiger partial charge in [-0.2, -0.15) is 0 Å². The third kappa shape index (κ3) is 2.97. The highest BCUT2D eigenvalue weighted by Crippen LogP contribution is 2.52. The maximum absolute atomic E-state index is 11.4. The lowest BCUT2D eigenvalue weighted by Gasteiger charge is -2.08. The summed E-state index contributed by atoms with van der Waals surface area (Å²) in [7, 11) is 0. The van der Waals surface area contributed by atoms with Crippen LogP contribution in [0, 0.1) is 11.3 Å². The van der Waals surface area contributed by atoms with Crippen molar-refractivity contribution in [3.05, 3.63) is 0 Å². The Balaban J connectivity index is 2.20. The van der Waals surface area contributed by atoms with Crippen LogP contribution in [0.25, 0.3) is 0 Å². The largest absolute Gasteiger partial charge is 0.464 e. The van der Waals surface area contributed by atoms with E-state index in [4.69, 9.17) is 4.74 Å². The molecule has 1 aliphatic carbocycles. The summed E-state index contributed by atoms with van der Waals surface area (Å²) in [6.45, 7) is 6.77. The van der Waals surface area contributed by atoms with Crippen LogP contribution < -0.4 is 0 Å². The van der Waals surface area contributed by atoms with Gasteiger partial charge in [-0.1, -0.05) is 36.7 Å². The van der Waals surface area contributed by atoms with E-state index in [9.17, 15) is 4.79 Å². The van der Waals surface area contributed by atoms with E-state index in [1.54, 1.807) is 0 Å². The summed E-state index contributed by atoms with van der Waals surface area (Å²) in [5.74, 6) is 0.118. The lowest BCUT2D eigenvalue weighted by Crippen LogP contribution is -2.16. The van der Waals surface area contributed by atoms with Gasteiger partial charge in [-0.05, 0) is 18.3 Å². The second kappa shape index (κ2) is 3.99. The van der Waals surface area contributed by atoms with Gasteiger partial charge < -0.3 is 4.74 Å². The van der Waals surface area contributed by atoms with Crippen molar-refractivity contribution in [2.45, 2.75) is 38.4 Å². The van der Waals surface area contributed by atoms with Gasteiger partial charge in [-0.15, -0.1) is 0 Å². The van der Waals surface area contributed by atoms with Crippen LogP contribution >= 0.6 is 15.9 Å². The third-order valence-corrected chi connectivity index (χ3v) is 3.56. The van der Waals surface area contributed by atoms with Gasteiger partial charge in [0.25, 0.3) is 0 Å². The first-order valence-electron chi connectivity index (χ1n) is 4.78. The summed E-state index contributed by atoms with van der Waals surface area (Å²) < 4.78 is 5.17. The zero-order valence-electron chi connectivity index (χ0n) is 8.47. The Morgan fingerprint density at radius 1 is 1.69 bits per heavy atom. The van der Waals surface area contributed by atoms with Gasteiger partial charge in [0.15, 0.2) is 0 Å². The molecule has 2 atom stereocenters. The Bertz CT molecular complexity index is 201. The summed E-state index contributed by atoms with van der Waals surface area (Å²) in [4.78, 5) is 11.7. The predicted octanol–water partition coefficient (Wildman–Crippen LogP) is 2.75. The zero-order chi connectivity index (χ0) is 10.1. The third-order valence-electron chi connectivity index (χ3n) is 2.65. The molecule has 76 valence electrons. The summed E-state index contributed by atoms with van der Waals surface area (Å²) in [5.41, 5.74) is 0.186. The number of carbonyl (C=O) groups excluding carboxylic acids is 1. The first-order valence-corrected chi connectivity index (χ1v) is 5.69. The molecule has 0 aromatic rings. The molecule has 0 aliphatic heterocycles. The Labute approximate surface area is 88.2 Å². The smallest absolute Gasteiger partial charge is 0.309 e. The SMILES string of the molecule is CCC(Br)COC(=O)C1CC1(C)C. The Morgan fingerprint density at radius 2 is 2.23 bits per heavy atom. The van der Waals surface area contributed by atoms with Crippen LogP contribution in [0.15, 0.2) is 0 Å². The molecule has 2 unspecified atom stereocenters. The van der Waals surface area contributed by atoms with Crippen LogP contribution in [0.2, 0.25) is 0 Å². The first kappa shape index (κ1) is 11.0. The van der Waals surface area contributed by atoms with E-state index in [2.05, 4.69) is 36.7 Å². The molecule has 13 heavy (non-hydrogen) atoms. The van der Waals surface area contributed by atoms with E-state index >= 15 is 0 Å². The predicted molar refractivity (Wildman–Crippen MR) is 55.9 cm³/mol. The quantitative estimate of drug-likeness (QED) is 0.565. The summed E-state index contributed by atoms with van der Waals surface area (Å²) in [6.07, 6.45) is 1.96. The maximum Gasteiger partial charge on any atom is 0.309 e. The van der Waals surface area contributed by atoms with Crippen LogP contribution in [-0.2, 0) is 9.53 Å². The van der Waals surface area contributed by atoms with Crippen molar-refractivity contribution >= 4 is 21.9 Å². The molecule has 0 N–H and O–H groups in total. The molecule has 0 amide bonds.